The minimum absolute atomic E-state index is 0.785. The van der Waals surface area contributed by atoms with Crippen molar-refractivity contribution in [3.05, 3.63) is 35.4 Å². The van der Waals surface area contributed by atoms with Gasteiger partial charge in [-0.15, -0.1) is 0 Å². The standard InChI is InChI=1S/C21H34N2.C14H28N2.C3H8/c1-3-19-4-6-20(7-5-19)21-10-14-23(15-11-21)17-16-22-12-8-18(2)9-13-22;1-13-3-10-16(11-4-13)12-7-14-5-8-15(2)9-6-14;1-3-2/h4-7,18,21H,3,8-17H2,1-2H3;13-14H,3-12H2,1-2H3;3H2,1-2H3. The Morgan fingerprint density at radius 2 is 1.00 bits per heavy atom. The van der Waals surface area contributed by atoms with Gasteiger partial charge in [-0.2, -0.15) is 0 Å². The average Bonchev–Trinajstić information content (AvgIpc) is 3.02. The molecule has 4 aliphatic heterocycles. The van der Waals surface area contributed by atoms with Crippen LogP contribution in [0.3, 0.4) is 0 Å². The summed E-state index contributed by atoms with van der Waals surface area (Å²) in [5.74, 6) is 3.71. The Hall–Kier alpha value is -0.940. The highest BCUT2D eigenvalue weighted by Crippen LogP contribution is 2.28. The molecular formula is C38H70N4. The topological polar surface area (TPSA) is 13.0 Å². The molecule has 0 saturated carbocycles. The first-order chi connectivity index (χ1) is 20.4. The third-order valence-corrected chi connectivity index (χ3v) is 10.6. The van der Waals surface area contributed by atoms with Gasteiger partial charge in [-0.05, 0) is 165 Å². The summed E-state index contributed by atoms with van der Waals surface area (Å²) in [6, 6.07) is 9.38. The summed E-state index contributed by atoms with van der Waals surface area (Å²) in [6.07, 6.45) is 15.0. The Labute approximate surface area is 262 Å². The van der Waals surface area contributed by atoms with Crippen LogP contribution in [0.15, 0.2) is 24.3 Å². The molecule has 42 heavy (non-hydrogen) atoms. The number of hydrogen-bond acceptors (Lipinski definition) is 4. The molecule has 0 spiro atoms. The highest BCUT2D eigenvalue weighted by atomic mass is 15.2. The van der Waals surface area contributed by atoms with Crippen LogP contribution < -0.4 is 0 Å². The van der Waals surface area contributed by atoms with Gasteiger partial charge < -0.3 is 19.6 Å². The molecule has 1 aromatic rings. The van der Waals surface area contributed by atoms with E-state index in [0.29, 0.717) is 0 Å². The fourth-order valence-electron chi connectivity index (χ4n) is 7.09. The molecule has 0 unspecified atom stereocenters. The monoisotopic (exact) mass is 583 g/mol. The van der Waals surface area contributed by atoms with Crippen LogP contribution in [0.4, 0.5) is 0 Å². The molecule has 1 aromatic carbocycles. The smallest absolute Gasteiger partial charge is 0.0109 e. The molecule has 0 N–H and O–H groups in total. The van der Waals surface area contributed by atoms with Crippen molar-refractivity contribution in [2.45, 2.75) is 111 Å². The van der Waals surface area contributed by atoms with Gasteiger partial charge >= 0.3 is 0 Å². The maximum absolute atomic E-state index is 2.69. The highest BCUT2D eigenvalue weighted by Gasteiger charge is 2.22. The third kappa shape index (κ3) is 13.4. The lowest BCUT2D eigenvalue weighted by molar-refractivity contribution is 0.145. The summed E-state index contributed by atoms with van der Waals surface area (Å²) in [4.78, 5) is 10.5. The average molecular weight is 583 g/mol. The van der Waals surface area contributed by atoms with E-state index < -0.39 is 0 Å². The first-order valence-electron chi connectivity index (χ1n) is 18.3. The summed E-state index contributed by atoms with van der Waals surface area (Å²) in [5, 5.41) is 0. The van der Waals surface area contributed by atoms with Crippen LogP contribution in [-0.2, 0) is 6.42 Å². The van der Waals surface area contributed by atoms with Crippen molar-refractivity contribution in [2.75, 3.05) is 79.0 Å². The fourth-order valence-corrected chi connectivity index (χ4v) is 7.09. The van der Waals surface area contributed by atoms with E-state index in [1.54, 1.807) is 5.56 Å². The quantitative estimate of drug-likeness (QED) is 0.308. The van der Waals surface area contributed by atoms with Gasteiger partial charge in [0, 0.05) is 13.1 Å². The molecule has 0 radical (unpaired) electrons. The van der Waals surface area contributed by atoms with Crippen molar-refractivity contribution in [1.82, 2.24) is 19.6 Å². The zero-order valence-corrected chi connectivity index (χ0v) is 29.0. The second-order valence-corrected chi connectivity index (χ2v) is 14.5. The molecule has 0 aromatic heterocycles. The van der Waals surface area contributed by atoms with Crippen LogP contribution >= 0.6 is 0 Å². The minimum atomic E-state index is 0.785. The molecule has 5 rings (SSSR count). The second-order valence-electron chi connectivity index (χ2n) is 14.5. The van der Waals surface area contributed by atoms with Gasteiger partial charge in [-0.1, -0.05) is 65.3 Å². The van der Waals surface area contributed by atoms with E-state index in [4.69, 9.17) is 0 Å². The van der Waals surface area contributed by atoms with E-state index in [9.17, 15) is 0 Å². The van der Waals surface area contributed by atoms with Crippen LogP contribution in [0.2, 0.25) is 0 Å². The van der Waals surface area contributed by atoms with Crippen molar-refractivity contribution in [1.29, 1.82) is 0 Å². The lowest BCUT2D eigenvalue weighted by Crippen LogP contribution is -2.41. The number of rotatable bonds is 8. The molecule has 0 amide bonds. The van der Waals surface area contributed by atoms with E-state index in [0.717, 1.165) is 30.1 Å². The van der Waals surface area contributed by atoms with Crippen molar-refractivity contribution in [3.8, 4) is 0 Å². The zero-order valence-electron chi connectivity index (χ0n) is 29.0. The second kappa shape index (κ2) is 20.2. The molecule has 4 heterocycles. The Kier molecular flexibility index (Phi) is 17.1. The predicted octanol–water partition coefficient (Wildman–Crippen LogP) is 8.03. The number of benzene rings is 1. The van der Waals surface area contributed by atoms with Gasteiger partial charge in [0.1, 0.15) is 0 Å². The zero-order chi connectivity index (χ0) is 30.2. The van der Waals surface area contributed by atoms with Crippen LogP contribution in [0, 0.1) is 17.8 Å². The summed E-state index contributed by atoms with van der Waals surface area (Å²) in [6.45, 7) is 25.8. The van der Waals surface area contributed by atoms with E-state index >= 15 is 0 Å². The Morgan fingerprint density at radius 3 is 1.45 bits per heavy atom. The molecule has 0 bridgehead atoms. The van der Waals surface area contributed by atoms with Crippen molar-refractivity contribution in [2.24, 2.45) is 17.8 Å². The molecule has 242 valence electrons. The van der Waals surface area contributed by atoms with Gasteiger partial charge in [0.15, 0.2) is 0 Å². The molecule has 4 saturated heterocycles. The number of hydrogen-bond donors (Lipinski definition) is 0. The Morgan fingerprint density at radius 1 is 0.571 bits per heavy atom. The Bertz CT molecular complexity index is 756. The van der Waals surface area contributed by atoms with Gasteiger partial charge in [0.2, 0.25) is 0 Å². The molecule has 4 aliphatic rings. The van der Waals surface area contributed by atoms with Crippen LogP contribution in [-0.4, -0.2) is 98.6 Å². The molecule has 4 fully saturated rings. The van der Waals surface area contributed by atoms with Crippen LogP contribution in [0.25, 0.3) is 0 Å². The lowest BCUT2D eigenvalue weighted by Gasteiger charge is -2.35. The first-order valence-corrected chi connectivity index (χ1v) is 18.3. The number of aryl methyl sites for hydroxylation is 1. The van der Waals surface area contributed by atoms with E-state index in [2.05, 4.69) is 85.5 Å². The highest BCUT2D eigenvalue weighted by molar-refractivity contribution is 5.25. The summed E-state index contributed by atoms with van der Waals surface area (Å²) in [7, 11) is 2.25. The van der Waals surface area contributed by atoms with Gasteiger partial charge in [0.25, 0.3) is 0 Å². The molecule has 0 atom stereocenters. The molecule has 4 nitrogen and oxygen atoms in total. The first kappa shape index (κ1) is 35.5. The fraction of sp³-hybridized carbons (Fsp3) is 0.842. The third-order valence-electron chi connectivity index (χ3n) is 10.6. The maximum atomic E-state index is 2.69. The Balaban J connectivity index is 0.000000222. The van der Waals surface area contributed by atoms with Crippen LogP contribution in [0.5, 0.6) is 0 Å². The minimum Gasteiger partial charge on any atom is -0.306 e. The SMILES string of the molecule is CC1CCN(CCC2CCN(C)CC2)CC1.CCC.CCc1ccc(C2CCN(CCN3CCC(C)CC3)CC2)cc1. The normalized spacial score (nSPS) is 23.2. The van der Waals surface area contributed by atoms with Crippen molar-refractivity contribution < 1.29 is 0 Å². The summed E-state index contributed by atoms with van der Waals surface area (Å²) >= 11 is 0. The van der Waals surface area contributed by atoms with E-state index in [1.165, 1.54) is 142 Å². The molecule has 0 aliphatic carbocycles. The van der Waals surface area contributed by atoms with Gasteiger partial charge in [0.05, 0.1) is 0 Å². The van der Waals surface area contributed by atoms with Gasteiger partial charge in [-0.25, -0.2) is 0 Å². The van der Waals surface area contributed by atoms with Crippen LogP contribution in [0.1, 0.15) is 116 Å². The number of piperidine rings is 4. The van der Waals surface area contributed by atoms with Crippen molar-refractivity contribution >= 4 is 0 Å². The summed E-state index contributed by atoms with van der Waals surface area (Å²) < 4.78 is 0. The molecular weight excluding hydrogens is 512 g/mol. The number of likely N-dealkylation sites (tertiary alicyclic amines) is 4. The largest absolute Gasteiger partial charge is 0.306 e. The maximum Gasteiger partial charge on any atom is 0.0109 e. The lowest BCUT2D eigenvalue weighted by atomic mass is 9.89. The van der Waals surface area contributed by atoms with E-state index in [1.807, 2.05) is 0 Å². The summed E-state index contributed by atoms with van der Waals surface area (Å²) in [5.41, 5.74) is 3.02. The molecule has 4 heteroatoms. The number of nitrogens with zero attached hydrogens (tertiary/aromatic N) is 4. The van der Waals surface area contributed by atoms with Gasteiger partial charge in [-0.3, -0.25) is 0 Å². The van der Waals surface area contributed by atoms with E-state index in [-0.39, 0.29) is 0 Å². The van der Waals surface area contributed by atoms with Crippen molar-refractivity contribution in [3.63, 3.8) is 0 Å². The predicted molar refractivity (Wildman–Crippen MR) is 185 cm³/mol.